The third-order valence-corrected chi connectivity index (χ3v) is 4.70. The summed E-state index contributed by atoms with van der Waals surface area (Å²) in [6.45, 7) is 5.12. The van der Waals surface area contributed by atoms with E-state index in [1.807, 2.05) is 13.8 Å². The van der Waals surface area contributed by atoms with Gasteiger partial charge in [0.15, 0.2) is 11.6 Å². The van der Waals surface area contributed by atoms with Crippen molar-refractivity contribution in [3.05, 3.63) is 90.0 Å². The van der Waals surface area contributed by atoms with Gasteiger partial charge in [0.25, 0.3) is 5.91 Å². The lowest BCUT2D eigenvalue weighted by molar-refractivity contribution is -0.111. The Kier molecular flexibility index (Phi) is 7.70. The Morgan fingerprint density at radius 1 is 1.09 bits per heavy atom. The van der Waals surface area contributed by atoms with Gasteiger partial charge >= 0.3 is 0 Å². The van der Waals surface area contributed by atoms with Crippen LogP contribution in [-0.2, 0) is 4.79 Å². The third-order valence-electron chi connectivity index (χ3n) is 4.70. The molecule has 0 saturated carbocycles. The van der Waals surface area contributed by atoms with Crippen molar-refractivity contribution in [1.82, 2.24) is 9.88 Å². The van der Waals surface area contributed by atoms with E-state index < -0.39 is 5.82 Å². The third kappa shape index (κ3) is 6.01. The number of nitrogens with one attached hydrogen (secondary N) is 1. The van der Waals surface area contributed by atoms with Gasteiger partial charge in [-0.3, -0.25) is 14.6 Å². The molecule has 6 nitrogen and oxygen atoms in total. The van der Waals surface area contributed by atoms with Crippen molar-refractivity contribution in [3.8, 4) is 11.5 Å². The first-order valence-corrected chi connectivity index (χ1v) is 10.3. The maximum absolute atomic E-state index is 14.3. The predicted octanol–water partition coefficient (Wildman–Crippen LogP) is 5.15. The van der Waals surface area contributed by atoms with Gasteiger partial charge in [0.1, 0.15) is 5.75 Å². The number of aromatic nitrogens is 1. The number of pyridine rings is 1. The summed E-state index contributed by atoms with van der Waals surface area (Å²) in [6, 6.07) is 14.5. The van der Waals surface area contributed by atoms with Crippen LogP contribution in [0.15, 0.2) is 73.1 Å². The van der Waals surface area contributed by atoms with E-state index in [9.17, 15) is 14.0 Å². The maximum Gasteiger partial charge on any atom is 0.253 e. The average Bonchev–Trinajstić information content (AvgIpc) is 2.81. The van der Waals surface area contributed by atoms with Crippen molar-refractivity contribution in [2.24, 2.45) is 0 Å². The minimum atomic E-state index is -0.551. The van der Waals surface area contributed by atoms with Gasteiger partial charge in [0.05, 0.1) is 6.20 Å². The number of rotatable bonds is 8. The summed E-state index contributed by atoms with van der Waals surface area (Å²) in [5.41, 5.74) is 1.63. The van der Waals surface area contributed by atoms with Gasteiger partial charge < -0.3 is 15.0 Å². The highest BCUT2D eigenvalue weighted by molar-refractivity contribution is 6.02. The Labute approximate surface area is 186 Å². The number of benzene rings is 2. The Morgan fingerprint density at radius 3 is 2.47 bits per heavy atom. The SMILES string of the molecule is CCN(CC)C(=O)c1ccc(NC(=O)/C=C/c2ccc(Oc3cccnc3)c(F)c2)cc1. The van der Waals surface area contributed by atoms with Crippen LogP contribution in [0.1, 0.15) is 29.8 Å². The Bertz CT molecular complexity index is 1100. The summed E-state index contributed by atoms with van der Waals surface area (Å²) in [4.78, 5) is 30.2. The average molecular weight is 433 g/mol. The molecule has 0 fully saturated rings. The van der Waals surface area contributed by atoms with Gasteiger partial charge in [0, 0.05) is 36.6 Å². The van der Waals surface area contributed by atoms with E-state index in [-0.39, 0.29) is 17.6 Å². The van der Waals surface area contributed by atoms with Crippen molar-refractivity contribution < 1.29 is 18.7 Å². The molecule has 0 aliphatic heterocycles. The van der Waals surface area contributed by atoms with Gasteiger partial charge in [-0.05, 0) is 74.0 Å². The molecule has 0 aliphatic rings. The van der Waals surface area contributed by atoms with Crippen molar-refractivity contribution >= 4 is 23.6 Å². The van der Waals surface area contributed by atoms with Crippen LogP contribution in [0, 0.1) is 5.82 Å². The molecule has 0 spiro atoms. The van der Waals surface area contributed by atoms with Crippen LogP contribution in [0.3, 0.4) is 0 Å². The van der Waals surface area contributed by atoms with Gasteiger partial charge in [0.2, 0.25) is 5.91 Å². The van der Waals surface area contributed by atoms with E-state index in [4.69, 9.17) is 4.74 Å². The highest BCUT2D eigenvalue weighted by Crippen LogP contribution is 2.25. The summed E-state index contributed by atoms with van der Waals surface area (Å²) in [5.74, 6) is -0.475. The van der Waals surface area contributed by atoms with Crippen LogP contribution >= 0.6 is 0 Å². The van der Waals surface area contributed by atoms with E-state index in [1.165, 1.54) is 30.5 Å². The Morgan fingerprint density at radius 2 is 1.84 bits per heavy atom. The molecule has 0 aliphatic carbocycles. The molecule has 2 aromatic carbocycles. The summed E-state index contributed by atoms with van der Waals surface area (Å²) >= 11 is 0. The Hall–Kier alpha value is -4.00. The summed E-state index contributed by atoms with van der Waals surface area (Å²) in [7, 11) is 0. The number of hydrogen-bond donors (Lipinski definition) is 1. The highest BCUT2D eigenvalue weighted by atomic mass is 19.1. The first-order chi connectivity index (χ1) is 15.5. The minimum Gasteiger partial charge on any atom is -0.453 e. The Balaban J connectivity index is 1.59. The quantitative estimate of drug-likeness (QED) is 0.499. The number of carbonyl (C=O) groups is 2. The number of hydrogen-bond acceptors (Lipinski definition) is 4. The molecule has 1 N–H and O–H groups in total. The molecular weight excluding hydrogens is 409 g/mol. The lowest BCUT2D eigenvalue weighted by atomic mass is 10.1. The summed E-state index contributed by atoms with van der Waals surface area (Å²) in [5, 5.41) is 2.72. The number of anilines is 1. The molecule has 3 aromatic rings. The zero-order valence-corrected chi connectivity index (χ0v) is 17.9. The fraction of sp³-hybridized carbons (Fsp3) is 0.160. The maximum atomic E-state index is 14.3. The van der Waals surface area contributed by atoms with Crippen molar-refractivity contribution in [1.29, 1.82) is 0 Å². The zero-order valence-electron chi connectivity index (χ0n) is 17.9. The van der Waals surface area contributed by atoms with Gasteiger partial charge in [-0.1, -0.05) is 6.07 Å². The smallest absolute Gasteiger partial charge is 0.253 e. The molecule has 32 heavy (non-hydrogen) atoms. The van der Waals surface area contributed by atoms with E-state index in [2.05, 4.69) is 10.3 Å². The molecule has 0 saturated heterocycles. The molecule has 3 rings (SSSR count). The second-order valence-electron chi connectivity index (χ2n) is 6.86. The minimum absolute atomic E-state index is 0.0502. The van der Waals surface area contributed by atoms with E-state index >= 15 is 0 Å². The number of halogens is 1. The van der Waals surface area contributed by atoms with E-state index in [0.29, 0.717) is 35.7 Å². The van der Waals surface area contributed by atoms with Gasteiger partial charge in [-0.2, -0.15) is 0 Å². The van der Waals surface area contributed by atoms with Crippen LogP contribution in [0.4, 0.5) is 10.1 Å². The van der Waals surface area contributed by atoms with E-state index in [0.717, 1.165) is 0 Å². The van der Waals surface area contributed by atoms with Crippen LogP contribution < -0.4 is 10.1 Å². The molecule has 164 valence electrons. The number of ether oxygens (including phenoxy) is 1. The van der Waals surface area contributed by atoms with Crippen molar-refractivity contribution in [2.45, 2.75) is 13.8 Å². The molecule has 0 unspecified atom stereocenters. The number of nitrogens with zero attached hydrogens (tertiary/aromatic N) is 2. The van der Waals surface area contributed by atoms with Crippen LogP contribution in [0.2, 0.25) is 0 Å². The molecule has 0 bridgehead atoms. The van der Waals surface area contributed by atoms with Crippen LogP contribution in [-0.4, -0.2) is 34.8 Å². The highest BCUT2D eigenvalue weighted by Gasteiger charge is 2.12. The molecular formula is C25H24FN3O3. The van der Waals surface area contributed by atoms with Crippen molar-refractivity contribution in [3.63, 3.8) is 0 Å². The topological polar surface area (TPSA) is 71.5 Å². The second-order valence-corrected chi connectivity index (χ2v) is 6.86. The lowest BCUT2D eigenvalue weighted by Gasteiger charge is -2.18. The monoisotopic (exact) mass is 433 g/mol. The fourth-order valence-corrected chi connectivity index (χ4v) is 2.98. The van der Waals surface area contributed by atoms with Crippen LogP contribution in [0.5, 0.6) is 11.5 Å². The zero-order chi connectivity index (χ0) is 22.9. The second kappa shape index (κ2) is 10.9. The molecule has 1 aromatic heterocycles. The number of amides is 2. The molecule has 1 heterocycles. The standard InChI is InChI=1S/C25H24FN3O3/c1-3-29(4-2)25(31)19-9-11-20(12-10-19)28-24(30)14-8-18-7-13-23(22(26)16-18)32-21-6-5-15-27-17-21/h5-17H,3-4H2,1-2H3,(H,28,30)/b14-8+. The van der Waals surface area contributed by atoms with Gasteiger partial charge in [-0.15, -0.1) is 0 Å². The lowest BCUT2D eigenvalue weighted by Crippen LogP contribution is -2.30. The largest absolute Gasteiger partial charge is 0.453 e. The summed E-state index contributed by atoms with van der Waals surface area (Å²) < 4.78 is 19.8. The summed E-state index contributed by atoms with van der Waals surface area (Å²) in [6.07, 6.45) is 5.90. The molecule has 2 amide bonds. The first-order valence-electron chi connectivity index (χ1n) is 10.3. The number of carbonyl (C=O) groups excluding carboxylic acids is 2. The molecule has 0 atom stereocenters. The predicted molar refractivity (Wildman–Crippen MR) is 122 cm³/mol. The molecule has 7 heteroatoms. The fourth-order valence-electron chi connectivity index (χ4n) is 2.98. The van der Waals surface area contributed by atoms with Crippen molar-refractivity contribution in [2.75, 3.05) is 18.4 Å². The molecule has 0 radical (unpaired) electrons. The van der Waals surface area contributed by atoms with Gasteiger partial charge in [-0.25, -0.2) is 4.39 Å². The first kappa shape index (κ1) is 22.7. The van der Waals surface area contributed by atoms with Crippen LogP contribution in [0.25, 0.3) is 6.08 Å². The normalized spacial score (nSPS) is 10.7. The van der Waals surface area contributed by atoms with E-state index in [1.54, 1.807) is 53.6 Å².